The minimum atomic E-state index is 0. The fourth-order valence-corrected chi connectivity index (χ4v) is 4.19. The fraction of sp³-hybridized carbons (Fsp3) is 0.500. The number of hydrogen-bond donors (Lipinski definition) is 1. The summed E-state index contributed by atoms with van der Waals surface area (Å²) in [5.74, 6) is 0. The van der Waals surface area contributed by atoms with E-state index in [-0.39, 0.29) is 12.4 Å². The molecule has 5 heteroatoms. The Labute approximate surface area is 183 Å². The summed E-state index contributed by atoms with van der Waals surface area (Å²) < 4.78 is 0. The van der Waals surface area contributed by atoms with E-state index in [1.54, 1.807) is 0 Å². The van der Waals surface area contributed by atoms with E-state index < -0.39 is 0 Å². The maximum absolute atomic E-state index is 5.92. The molecule has 2 aromatic carbocycles. The van der Waals surface area contributed by atoms with Crippen LogP contribution in [0.5, 0.6) is 0 Å². The summed E-state index contributed by atoms with van der Waals surface area (Å²) in [7, 11) is 4.49. The predicted molar refractivity (Wildman–Crippen MR) is 127 cm³/mol. The Balaban J connectivity index is 0.00000300. The van der Waals surface area contributed by atoms with Crippen LogP contribution < -0.4 is 10.6 Å². The Kier molecular flexibility index (Phi) is 9.95. The molecule has 0 aromatic heterocycles. The van der Waals surface area contributed by atoms with Crippen LogP contribution in [0.25, 0.3) is 0 Å². The second-order valence-corrected chi connectivity index (χ2v) is 8.07. The molecule has 3 rings (SSSR count). The Morgan fingerprint density at radius 2 is 1.62 bits per heavy atom. The molecule has 0 radical (unpaired) electrons. The van der Waals surface area contributed by atoms with Crippen molar-refractivity contribution in [1.82, 2.24) is 9.80 Å². The summed E-state index contributed by atoms with van der Waals surface area (Å²) in [6.07, 6.45) is 3.54. The van der Waals surface area contributed by atoms with Crippen LogP contribution in [0.15, 0.2) is 54.6 Å². The first kappa shape index (κ1) is 23.7. The number of nitrogens with two attached hydrogens (primary N) is 1. The Morgan fingerprint density at radius 3 is 2.31 bits per heavy atom. The minimum absolute atomic E-state index is 0. The molecule has 2 N–H and O–H groups in total. The van der Waals surface area contributed by atoms with Crippen LogP contribution in [0.3, 0.4) is 0 Å². The average molecular weight is 417 g/mol. The van der Waals surface area contributed by atoms with Gasteiger partial charge in [0.05, 0.1) is 0 Å². The van der Waals surface area contributed by atoms with Crippen molar-refractivity contribution in [3.63, 3.8) is 0 Å². The minimum Gasteiger partial charge on any atom is -0.371 e. The third-order valence-electron chi connectivity index (χ3n) is 6.01. The van der Waals surface area contributed by atoms with Gasteiger partial charge in [0.15, 0.2) is 0 Å². The summed E-state index contributed by atoms with van der Waals surface area (Å²) in [6.45, 7) is 5.99. The Hall–Kier alpha value is -1.59. The van der Waals surface area contributed by atoms with Crippen molar-refractivity contribution in [2.45, 2.75) is 31.8 Å². The van der Waals surface area contributed by atoms with Gasteiger partial charge >= 0.3 is 0 Å². The molecule has 1 aliphatic heterocycles. The maximum Gasteiger partial charge on any atom is 0.0411 e. The van der Waals surface area contributed by atoms with E-state index >= 15 is 0 Å². The number of piperidine rings is 1. The highest BCUT2D eigenvalue weighted by Gasteiger charge is 2.22. The molecule has 0 atom stereocenters. The number of likely N-dealkylation sites (tertiary alicyclic amines) is 1. The van der Waals surface area contributed by atoms with E-state index in [0.29, 0.717) is 12.6 Å². The molecular weight excluding hydrogens is 380 g/mol. The highest BCUT2D eigenvalue weighted by molar-refractivity contribution is 5.85. The number of halogens is 1. The van der Waals surface area contributed by atoms with Crippen LogP contribution in [-0.2, 0) is 13.0 Å². The highest BCUT2D eigenvalue weighted by Crippen LogP contribution is 2.26. The average Bonchev–Trinajstić information content (AvgIpc) is 2.73. The number of nitrogens with zero attached hydrogens (tertiary/aromatic N) is 3. The molecule has 1 fully saturated rings. The zero-order chi connectivity index (χ0) is 19.8. The summed E-state index contributed by atoms with van der Waals surface area (Å²) >= 11 is 0. The molecule has 0 amide bonds. The van der Waals surface area contributed by atoms with Crippen molar-refractivity contribution in [3.8, 4) is 0 Å². The molecule has 0 unspecified atom stereocenters. The molecule has 1 heterocycles. The predicted octanol–water partition coefficient (Wildman–Crippen LogP) is 3.64. The zero-order valence-electron chi connectivity index (χ0n) is 18.0. The lowest BCUT2D eigenvalue weighted by Crippen LogP contribution is -2.42. The monoisotopic (exact) mass is 416 g/mol. The van der Waals surface area contributed by atoms with Gasteiger partial charge in [-0.2, -0.15) is 0 Å². The van der Waals surface area contributed by atoms with Crippen LogP contribution in [0.4, 0.5) is 5.69 Å². The van der Waals surface area contributed by atoms with Crippen LogP contribution in [-0.4, -0.2) is 62.7 Å². The smallest absolute Gasteiger partial charge is 0.0411 e. The van der Waals surface area contributed by atoms with E-state index in [0.717, 1.165) is 26.1 Å². The van der Waals surface area contributed by atoms with Gasteiger partial charge in [0.25, 0.3) is 0 Å². The lowest BCUT2D eigenvalue weighted by Gasteiger charge is -2.37. The molecular formula is C24H37ClN4. The van der Waals surface area contributed by atoms with Gasteiger partial charge in [-0.25, -0.2) is 0 Å². The lowest BCUT2D eigenvalue weighted by molar-refractivity contribution is 0.252. The number of hydrogen-bond acceptors (Lipinski definition) is 4. The SMILES string of the molecule is CN1CCC(N(C)c2ccccc2CN(CCN)CCc2ccccc2)CC1.Cl. The second-order valence-electron chi connectivity index (χ2n) is 8.07. The van der Waals surface area contributed by atoms with Gasteiger partial charge in [-0.15, -0.1) is 12.4 Å². The zero-order valence-corrected chi connectivity index (χ0v) is 18.8. The van der Waals surface area contributed by atoms with Crippen LogP contribution in [0.2, 0.25) is 0 Å². The fourth-order valence-electron chi connectivity index (χ4n) is 4.19. The van der Waals surface area contributed by atoms with Gasteiger partial charge in [0.2, 0.25) is 0 Å². The van der Waals surface area contributed by atoms with E-state index in [1.165, 1.54) is 42.7 Å². The van der Waals surface area contributed by atoms with Crippen molar-refractivity contribution in [2.75, 3.05) is 51.7 Å². The first-order chi connectivity index (χ1) is 13.7. The number of rotatable bonds is 9. The molecule has 0 bridgehead atoms. The standard InChI is InChI=1S/C24H36N4.ClH/c1-26-16-13-23(14-17-26)27(2)24-11-7-6-10-22(24)20-28(19-15-25)18-12-21-8-4-3-5-9-21;/h3-11,23H,12-20,25H2,1-2H3;1H. The van der Waals surface area contributed by atoms with Gasteiger partial charge in [0.1, 0.15) is 0 Å². The Bertz CT molecular complexity index is 701. The van der Waals surface area contributed by atoms with Crippen LogP contribution in [0, 0.1) is 0 Å². The first-order valence-corrected chi connectivity index (χ1v) is 10.6. The van der Waals surface area contributed by atoms with Crippen molar-refractivity contribution < 1.29 is 0 Å². The molecule has 0 aliphatic carbocycles. The molecule has 1 aliphatic rings. The highest BCUT2D eigenvalue weighted by atomic mass is 35.5. The van der Waals surface area contributed by atoms with Gasteiger partial charge in [0, 0.05) is 45.0 Å². The topological polar surface area (TPSA) is 35.7 Å². The van der Waals surface area contributed by atoms with Crippen LogP contribution >= 0.6 is 12.4 Å². The van der Waals surface area contributed by atoms with E-state index in [4.69, 9.17) is 5.73 Å². The van der Waals surface area contributed by atoms with Gasteiger partial charge in [-0.1, -0.05) is 48.5 Å². The molecule has 29 heavy (non-hydrogen) atoms. The summed E-state index contributed by atoms with van der Waals surface area (Å²) in [6, 6.07) is 20.3. The molecule has 4 nitrogen and oxygen atoms in total. The summed E-state index contributed by atoms with van der Waals surface area (Å²) in [5.41, 5.74) is 10.1. The van der Waals surface area contributed by atoms with Crippen molar-refractivity contribution >= 4 is 18.1 Å². The first-order valence-electron chi connectivity index (χ1n) is 10.6. The van der Waals surface area contributed by atoms with E-state index in [1.807, 2.05) is 0 Å². The number of para-hydroxylation sites is 1. The maximum atomic E-state index is 5.92. The quantitative estimate of drug-likeness (QED) is 0.676. The largest absolute Gasteiger partial charge is 0.371 e. The number of anilines is 1. The van der Waals surface area contributed by atoms with Crippen molar-refractivity contribution in [1.29, 1.82) is 0 Å². The normalized spacial score (nSPS) is 15.3. The Morgan fingerprint density at radius 1 is 0.966 bits per heavy atom. The van der Waals surface area contributed by atoms with Gasteiger partial charge < -0.3 is 15.5 Å². The summed E-state index contributed by atoms with van der Waals surface area (Å²) in [4.78, 5) is 7.44. The van der Waals surface area contributed by atoms with Crippen molar-refractivity contribution in [2.24, 2.45) is 5.73 Å². The van der Waals surface area contributed by atoms with Gasteiger partial charge in [-0.3, -0.25) is 4.90 Å². The summed E-state index contributed by atoms with van der Waals surface area (Å²) in [5, 5.41) is 0. The van der Waals surface area contributed by atoms with E-state index in [2.05, 4.69) is 83.4 Å². The number of benzene rings is 2. The lowest BCUT2D eigenvalue weighted by atomic mass is 10.0. The molecule has 0 spiro atoms. The molecule has 1 saturated heterocycles. The van der Waals surface area contributed by atoms with E-state index in [9.17, 15) is 0 Å². The van der Waals surface area contributed by atoms with Gasteiger partial charge in [-0.05, 0) is 56.6 Å². The molecule has 160 valence electrons. The van der Waals surface area contributed by atoms with Crippen molar-refractivity contribution in [3.05, 3.63) is 65.7 Å². The molecule has 2 aromatic rings. The third-order valence-corrected chi connectivity index (χ3v) is 6.01. The van der Waals surface area contributed by atoms with Crippen LogP contribution in [0.1, 0.15) is 24.0 Å². The third kappa shape index (κ3) is 7.00. The molecule has 0 saturated carbocycles. The second kappa shape index (κ2) is 12.2.